The van der Waals surface area contributed by atoms with Crippen LogP contribution in [0.15, 0.2) is 24.3 Å². The van der Waals surface area contributed by atoms with Crippen LogP contribution in [0.2, 0.25) is 0 Å². The smallest absolute Gasteiger partial charge is 0.251 e. The van der Waals surface area contributed by atoms with E-state index in [9.17, 15) is 4.79 Å². The molecule has 0 saturated heterocycles. The number of likely N-dealkylation sites (N-methyl/N-ethyl adjacent to an activating group) is 1. The Morgan fingerprint density at radius 1 is 1.41 bits per heavy atom. The Balaban J connectivity index is 1.74. The summed E-state index contributed by atoms with van der Waals surface area (Å²) in [5.74, 6) is -0.0332. The van der Waals surface area contributed by atoms with E-state index in [1.54, 1.807) is 24.3 Å². The molecule has 0 aliphatic heterocycles. The van der Waals surface area contributed by atoms with Crippen LogP contribution in [0.1, 0.15) is 23.2 Å². The number of nitrogens with two attached hydrogens (primary N) is 1. The van der Waals surface area contributed by atoms with Crippen molar-refractivity contribution in [3.8, 4) is 0 Å². The standard InChI is InChI=1S/C13H19N3O/c1-16(12-6-7-12)9-8-15-13(17)10-2-4-11(14)5-3-10/h2-5,12H,6-9,14H2,1H3,(H,15,17). The lowest BCUT2D eigenvalue weighted by molar-refractivity contribution is 0.0949. The first-order chi connectivity index (χ1) is 8.16. The van der Waals surface area contributed by atoms with Crippen LogP contribution in [0.3, 0.4) is 0 Å². The summed E-state index contributed by atoms with van der Waals surface area (Å²) in [7, 11) is 2.10. The summed E-state index contributed by atoms with van der Waals surface area (Å²) in [6.45, 7) is 1.60. The van der Waals surface area contributed by atoms with Gasteiger partial charge in [0.25, 0.3) is 5.91 Å². The molecule has 4 heteroatoms. The fraction of sp³-hybridized carbons (Fsp3) is 0.462. The first kappa shape index (κ1) is 11.9. The molecule has 0 aromatic heterocycles. The minimum atomic E-state index is -0.0332. The first-order valence-corrected chi connectivity index (χ1v) is 6.01. The SMILES string of the molecule is CN(CCNC(=O)c1ccc(N)cc1)C1CC1. The minimum absolute atomic E-state index is 0.0332. The van der Waals surface area contributed by atoms with Gasteiger partial charge >= 0.3 is 0 Å². The Labute approximate surface area is 102 Å². The number of nitrogen functional groups attached to an aromatic ring is 1. The Bertz CT molecular complexity index is 384. The van der Waals surface area contributed by atoms with Gasteiger partial charge in [0.15, 0.2) is 0 Å². The topological polar surface area (TPSA) is 58.4 Å². The van der Waals surface area contributed by atoms with E-state index in [1.165, 1.54) is 12.8 Å². The van der Waals surface area contributed by atoms with Gasteiger partial charge in [-0.25, -0.2) is 0 Å². The molecule has 1 aromatic carbocycles. The molecular weight excluding hydrogens is 214 g/mol. The zero-order valence-corrected chi connectivity index (χ0v) is 10.1. The third kappa shape index (κ3) is 3.46. The van der Waals surface area contributed by atoms with Gasteiger partial charge in [-0.2, -0.15) is 0 Å². The number of carbonyl (C=O) groups excluding carboxylic acids is 1. The molecule has 92 valence electrons. The molecule has 0 atom stereocenters. The summed E-state index contributed by atoms with van der Waals surface area (Å²) in [5, 5.41) is 2.91. The van der Waals surface area contributed by atoms with Gasteiger partial charge in [-0.1, -0.05) is 0 Å². The number of hydrogen-bond acceptors (Lipinski definition) is 3. The molecule has 1 aliphatic rings. The highest BCUT2D eigenvalue weighted by molar-refractivity contribution is 5.94. The van der Waals surface area contributed by atoms with Crippen molar-refractivity contribution in [1.82, 2.24) is 10.2 Å². The van der Waals surface area contributed by atoms with E-state index in [0.717, 1.165) is 12.6 Å². The van der Waals surface area contributed by atoms with E-state index in [4.69, 9.17) is 5.73 Å². The second-order valence-corrected chi connectivity index (χ2v) is 4.59. The van der Waals surface area contributed by atoms with Crippen LogP contribution >= 0.6 is 0 Å². The van der Waals surface area contributed by atoms with Gasteiger partial charge in [-0.15, -0.1) is 0 Å². The number of carbonyl (C=O) groups is 1. The molecule has 0 unspecified atom stereocenters. The normalized spacial score (nSPS) is 14.9. The highest BCUT2D eigenvalue weighted by Crippen LogP contribution is 2.24. The van der Waals surface area contributed by atoms with Crippen LogP contribution in [-0.4, -0.2) is 37.0 Å². The number of nitrogens with zero attached hydrogens (tertiary/aromatic N) is 1. The second kappa shape index (κ2) is 5.19. The lowest BCUT2D eigenvalue weighted by atomic mass is 10.2. The van der Waals surface area contributed by atoms with E-state index in [1.807, 2.05) is 0 Å². The molecule has 3 N–H and O–H groups in total. The molecule has 1 aromatic rings. The average molecular weight is 233 g/mol. The van der Waals surface area contributed by atoms with Crippen molar-refractivity contribution in [3.05, 3.63) is 29.8 Å². The summed E-state index contributed by atoms with van der Waals surface area (Å²) in [6.07, 6.45) is 2.59. The number of hydrogen-bond donors (Lipinski definition) is 2. The Morgan fingerprint density at radius 2 is 2.06 bits per heavy atom. The van der Waals surface area contributed by atoms with Crippen molar-refractivity contribution in [3.63, 3.8) is 0 Å². The number of rotatable bonds is 5. The molecule has 1 saturated carbocycles. The third-order valence-corrected chi connectivity index (χ3v) is 3.09. The van der Waals surface area contributed by atoms with Crippen molar-refractivity contribution in [2.45, 2.75) is 18.9 Å². The Kier molecular flexibility index (Phi) is 3.64. The van der Waals surface area contributed by atoms with Crippen LogP contribution in [0, 0.1) is 0 Å². The van der Waals surface area contributed by atoms with Crippen LogP contribution in [-0.2, 0) is 0 Å². The van der Waals surface area contributed by atoms with E-state index in [2.05, 4.69) is 17.3 Å². The fourth-order valence-corrected chi connectivity index (χ4v) is 1.78. The van der Waals surface area contributed by atoms with E-state index >= 15 is 0 Å². The second-order valence-electron chi connectivity index (χ2n) is 4.59. The average Bonchev–Trinajstić information content (AvgIpc) is 3.13. The van der Waals surface area contributed by atoms with Gasteiger partial charge < -0.3 is 16.0 Å². The predicted octanol–water partition coefficient (Wildman–Crippen LogP) is 1.09. The molecule has 17 heavy (non-hydrogen) atoms. The number of amides is 1. The van der Waals surface area contributed by atoms with Gasteiger partial charge in [0.1, 0.15) is 0 Å². The van der Waals surface area contributed by atoms with Crippen molar-refractivity contribution < 1.29 is 4.79 Å². The summed E-state index contributed by atoms with van der Waals surface area (Å²) in [5.41, 5.74) is 6.90. The molecule has 4 nitrogen and oxygen atoms in total. The maximum Gasteiger partial charge on any atom is 0.251 e. The summed E-state index contributed by atoms with van der Waals surface area (Å²) in [4.78, 5) is 14.0. The van der Waals surface area contributed by atoms with Crippen molar-refractivity contribution in [1.29, 1.82) is 0 Å². The van der Waals surface area contributed by atoms with Gasteiger partial charge in [-0.3, -0.25) is 4.79 Å². The molecule has 0 spiro atoms. The van der Waals surface area contributed by atoms with Gasteiger partial charge in [0.05, 0.1) is 0 Å². The van der Waals surface area contributed by atoms with Crippen LogP contribution in [0.5, 0.6) is 0 Å². The van der Waals surface area contributed by atoms with Crippen LogP contribution < -0.4 is 11.1 Å². The minimum Gasteiger partial charge on any atom is -0.399 e. The molecule has 0 bridgehead atoms. The van der Waals surface area contributed by atoms with Crippen molar-refractivity contribution in [2.75, 3.05) is 25.9 Å². The fourth-order valence-electron chi connectivity index (χ4n) is 1.78. The third-order valence-electron chi connectivity index (χ3n) is 3.09. The lowest BCUT2D eigenvalue weighted by Crippen LogP contribution is -2.33. The van der Waals surface area contributed by atoms with Crippen LogP contribution in [0.25, 0.3) is 0 Å². The Hall–Kier alpha value is -1.55. The number of anilines is 1. The van der Waals surface area contributed by atoms with E-state index in [0.29, 0.717) is 17.8 Å². The quantitative estimate of drug-likeness (QED) is 0.749. The highest BCUT2D eigenvalue weighted by Gasteiger charge is 2.25. The summed E-state index contributed by atoms with van der Waals surface area (Å²) in [6, 6.07) is 7.71. The molecule has 1 aliphatic carbocycles. The van der Waals surface area contributed by atoms with E-state index in [-0.39, 0.29) is 5.91 Å². The van der Waals surface area contributed by atoms with Gasteiger partial charge in [-0.05, 0) is 44.2 Å². The number of nitrogens with one attached hydrogen (secondary N) is 1. The maximum absolute atomic E-state index is 11.8. The first-order valence-electron chi connectivity index (χ1n) is 6.01. The lowest BCUT2D eigenvalue weighted by Gasteiger charge is -2.15. The van der Waals surface area contributed by atoms with Crippen molar-refractivity contribution in [2.24, 2.45) is 0 Å². The predicted molar refractivity (Wildman–Crippen MR) is 68.8 cm³/mol. The maximum atomic E-state index is 11.8. The Morgan fingerprint density at radius 3 is 2.65 bits per heavy atom. The van der Waals surface area contributed by atoms with Gasteiger partial charge in [0, 0.05) is 30.4 Å². The molecule has 0 heterocycles. The molecule has 1 amide bonds. The largest absolute Gasteiger partial charge is 0.399 e. The summed E-state index contributed by atoms with van der Waals surface area (Å²) >= 11 is 0. The summed E-state index contributed by atoms with van der Waals surface area (Å²) < 4.78 is 0. The van der Waals surface area contributed by atoms with Crippen LogP contribution in [0.4, 0.5) is 5.69 Å². The molecule has 1 fully saturated rings. The zero-order valence-electron chi connectivity index (χ0n) is 10.1. The van der Waals surface area contributed by atoms with Gasteiger partial charge in [0.2, 0.25) is 0 Å². The monoisotopic (exact) mass is 233 g/mol. The molecule has 2 rings (SSSR count). The highest BCUT2D eigenvalue weighted by atomic mass is 16.1. The number of benzene rings is 1. The van der Waals surface area contributed by atoms with Crippen molar-refractivity contribution >= 4 is 11.6 Å². The molecule has 0 radical (unpaired) electrons. The molecular formula is C13H19N3O. The van der Waals surface area contributed by atoms with E-state index < -0.39 is 0 Å². The zero-order chi connectivity index (χ0) is 12.3.